The molecule has 100 valence electrons. The molecule has 0 aliphatic carbocycles. The van der Waals surface area contributed by atoms with E-state index >= 15 is 0 Å². The van der Waals surface area contributed by atoms with Crippen LogP contribution in [0.2, 0.25) is 0 Å². The van der Waals surface area contributed by atoms with Crippen LogP contribution in [0.1, 0.15) is 23.7 Å². The van der Waals surface area contributed by atoms with Crippen LogP contribution in [0.25, 0.3) is 0 Å². The van der Waals surface area contributed by atoms with Gasteiger partial charge >= 0.3 is 0 Å². The van der Waals surface area contributed by atoms with Gasteiger partial charge in [-0.05, 0) is 18.6 Å². The lowest BCUT2D eigenvalue weighted by atomic mass is 10.2. The van der Waals surface area contributed by atoms with Gasteiger partial charge in [-0.3, -0.25) is 9.00 Å². The maximum atomic E-state index is 11.8. The van der Waals surface area contributed by atoms with E-state index in [4.69, 9.17) is 0 Å². The van der Waals surface area contributed by atoms with Crippen LogP contribution >= 0.6 is 0 Å². The molecule has 1 aromatic rings. The predicted molar refractivity (Wildman–Crippen MR) is 74.3 cm³/mol. The Morgan fingerprint density at radius 1 is 1.56 bits per heavy atom. The van der Waals surface area contributed by atoms with Crippen LogP contribution in [-0.4, -0.2) is 40.2 Å². The van der Waals surface area contributed by atoms with E-state index in [1.54, 1.807) is 31.6 Å². The third-order valence-electron chi connectivity index (χ3n) is 2.68. The van der Waals surface area contributed by atoms with Crippen LogP contribution < -0.4 is 10.6 Å². The second-order valence-corrected chi connectivity index (χ2v) is 5.84. The highest BCUT2D eigenvalue weighted by molar-refractivity contribution is 7.84. The molecule has 0 bridgehead atoms. The number of amides is 1. The van der Waals surface area contributed by atoms with Crippen molar-refractivity contribution in [2.45, 2.75) is 18.6 Å². The number of nitrogens with one attached hydrogen (secondary N) is 2. The summed E-state index contributed by atoms with van der Waals surface area (Å²) in [6, 6.07) is 3.36. The molecule has 0 aliphatic rings. The highest BCUT2D eigenvalue weighted by Gasteiger charge is 2.09. The van der Waals surface area contributed by atoms with Crippen molar-refractivity contribution in [2.24, 2.45) is 0 Å². The van der Waals surface area contributed by atoms with Gasteiger partial charge in [0, 0.05) is 47.7 Å². The quantitative estimate of drug-likeness (QED) is 0.808. The molecule has 2 N–H and O–H groups in total. The Bertz CT molecular complexity index is 437. The zero-order valence-electron chi connectivity index (χ0n) is 10.9. The third-order valence-corrected chi connectivity index (χ3v) is 4.05. The monoisotopic (exact) mass is 269 g/mol. The lowest BCUT2D eigenvalue weighted by Crippen LogP contribution is -2.27. The molecule has 0 spiro atoms. The summed E-state index contributed by atoms with van der Waals surface area (Å²) in [5.41, 5.74) is 0.569. The molecule has 18 heavy (non-hydrogen) atoms. The van der Waals surface area contributed by atoms with Gasteiger partial charge in [0.25, 0.3) is 5.91 Å². The number of anilines is 1. The van der Waals surface area contributed by atoms with Gasteiger partial charge in [-0.2, -0.15) is 0 Å². The Hall–Kier alpha value is -1.43. The Morgan fingerprint density at radius 2 is 2.28 bits per heavy atom. The molecule has 0 saturated carbocycles. The number of carbonyl (C=O) groups excluding carboxylic acids is 1. The fourth-order valence-corrected chi connectivity index (χ4v) is 1.82. The van der Waals surface area contributed by atoms with Gasteiger partial charge in [-0.1, -0.05) is 6.92 Å². The van der Waals surface area contributed by atoms with Crippen molar-refractivity contribution < 1.29 is 9.00 Å². The summed E-state index contributed by atoms with van der Waals surface area (Å²) in [6.45, 7) is 2.44. The Labute approximate surface area is 110 Å². The van der Waals surface area contributed by atoms with Crippen molar-refractivity contribution in [3.63, 3.8) is 0 Å². The summed E-state index contributed by atoms with van der Waals surface area (Å²) >= 11 is 0. The fraction of sp³-hybridized carbons (Fsp3) is 0.500. The smallest absolute Gasteiger partial charge is 0.251 e. The van der Waals surface area contributed by atoms with Crippen LogP contribution in [0.15, 0.2) is 18.3 Å². The Kier molecular flexibility index (Phi) is 5.77. The van der Waals surface area contributed by atoms with Gasteiger partial charge in [-0.15, -0.1) is 0 Å². The molecule has 1 heterocycles. The number of rotatable bonds is 6. The SMILES string of the molecule is CNc1cc(C(=O)NCCC(C)S(C)=O)ccn1. The first kappa shape index (κ1) is 14.6. The second kappa shape index (κ2) is 7.10. The number of hydrogen-bond donors (Lipinski definition) is 2. The maximum Gasteiger partial charge on any atom is 0.251 e. The van der Waals surface area contributed by atoms with Crippen LogP contribution in [-0.2, 0) is 10.8 Å². The standard InChI is InChI=1S/C12H19N3O2S/c1-9(18(3)17)4-6-15-12(16)10-5-7-14-11(8-10)13-2/h5,7-9H,4,6H2,1-3H3,(H,13,14)(H,15,16). The first-order valence-electron chi connectivity index (χ1n) is 5.79. The van der Waals surface area contributed by atoms with E-state index in [0.29, 0.717) is 24.3 Å². The molecule has 0 fully saturated rings. The lowest BCUT2D eigenvalue weighted by Gasteiger charge is -2.09. The highest BCUT2D eigenvalue weighted by Crippen LogP contribution is 2.06. The van der Waals surface area contributed by atoms with Crippen molar-refractivity contribution in [3.8, 4) is 0 Å². The van der Waals surface area contributed by atoms with Crippen molar-refractivity contribution in [1.82, 2.24) is 10.3 Å². The minimum absolute atomic E-state index is 0.0932. The molecule has 6 heteroatoms. The third kappa shape index (κ3) is 4.44. The predicted octanol–water partition coefficient (Wildman–Crippen LogP) is 1.01. The van der Waals surface area contributed by atoms with Crippen LogP contribution in [0, 0.1) is 0 Å². The topological polar surface area (TPSA) is 71.1 Å². The van der Waals surface area contributed by atoms with Gasteiger partial charge in [0.1, 0.15) is 5.82 Å². The summed E-state index contributed by atoms with van der Waals surface area (Å²) < 4.78 is 11.2. The zero-order valence-corrected chi connectivity index (χ0v) is 11.7. The number of aromatic nitrogens is 1. The van der Waals surface area contributed by atoms with Crippen molar-refractivity contribution >= 4 is 22.5 Å². The largest absolute Gasteiger partial charge is 0.373 e. The summed E-state index contributed by atoms with van der Waals surface area (Å²) in [4.78, 5) is 15.9. The Balaban J connectivity index is 2.47. The van der Waals surface area contributed by atoms with Crippen LogP contribution in [0.4, 0.5) is 5.82 Å². The van der Waals surface area contributed by atoms with Crippen molar-refractivity contribution in [2.75, 3.05) is 25.2 Å². The minimum Gasteiger partial charge on any atom is -0.373 e. The average Bonchev–Trinajstić information content (AvgIpc) is 2.38. The van der Waals surface area contributed by atoms with E-state index < -0.39 is 10.8 Å². The number of nitrogens with zero attached hydrogens (tertiary/aromatic N) is 1. The van der Waals surface area contributed by atoms with Gasteiger partial charge in [0.2, 0.25) is 0 Å². The second-order valence-electron chi connectivity index (χ2n) is 4.03. The Morgan fingerprint density at radius 3 is 2.89 bits per heavy atom. The molecule has 2 unspecified atom stereocenters. The van der Waals surface area contributed by atoms with E-state index in [-0.39, 0.29) is 11.2 Å². The van der Waals surface area contributed by atoms with Gasteiger partial charge in [-0.25, -0.2) is 4.98 Å². The van der Waals surface area contributed by atoms with E-state index in [0.717, 1.165) is 0 Å². The van der Waals surface area contributed by atoms with Crippen LogP contribution in [0.5, 0.6) is 0 Å². The van der Waals surface area contributed by atoms with Gasteiger partial charge in [0.15, 0.2) is 0 Å². The summed E-state index contributed by atoms with van der Waals surface area (Å²) in [5.74, 6) is 0.522. The molecule has 1 amide bonds. The lowest BCUT2D eigenvalue weighted by molar-refractivity contribution is 0.0953. The average molecular weight is 269 g/mol. The van der Waals surface area contributed by atoms with E-state index in [1.165, 1.54) is 0 Å². The first-order valence-corrected chi connectivity index (χ1v) is 7.41. The van der Waals surface area contributed by atoms with E-state index in [2.05, 4.69) is 15.6 Å². The van der Waals surface area contributed by atoms with Crippen LogP contribution in [0.3, 0.4) is 0 Å². The summed E-state index contributed by atoms with van der Waals surface area (Å²) in [6.07, 6.45) is 3.97. The molecule has 0 aromatic carbocycles. The first-order chi connectivity index (χ1) is 8.54. The maximum absolute atomic E-state index is 11.8. The highest BCUT2D eigenvalue weighted by atomic mass is 32.2. The summed E-state index contributed by atoms with van der Waals surface area (Å²) in [5, 5.41) is 5.78. The molecule has 0 aliphatic heterocycles. The minimum atomic E-state index is -0.846. The number of carbonyl (C=O) groups is 1. The fourth-order valence-electron chi connectivity index (χ4n) is 1.37. The molecule has 5 nitrogen and oxygen atoms in total. The van der Waals surface area contributed by atoms with Crippen molar-refractivity contribution in [1.29, 1.82) is 0 Å². The molecular weight excluding hydrogens is 250 g/mol. The number of pyridine rings is 1. The molecule has 0 saturated heterocycles. The molecule has 0 radical (unpaired) electrons. The molecule has 1 rings (SSSR count). The summed E-state index contributed by atoms with van der Waals surface area (Å²) in [7, 11) is 0.906. The normalized spacial score (nSPS) is 13.7. The van der Waals surface area contributed by atoms with Gasteiger partial charge < -0.3 is 10.6 Å². The molecule has 2 atom stereocenters. The van der Waals surface area contributed by atoms with E-state index in [9.17, 15) is 9.00 Å². The number of hydrogen-bond acceptors (Lipinski definition) is 4. The zero-order chi connectivity index (χ0) is 13.5. The molecular formula is C12H19N3O2S. The van der Waals surface area contributed by atoms with Gasteiger partial charge in [0.05, 0.1) is 0 Å². The molecule has 1 aromatic heterocycles. The van der Waals surface area contributed by atoms with Crippen molar-refractivity contribution in [3.05, 3.63) is 23.9 Å². The van der Waals surface area contributed by atoms with E-state index in [1.807, 2.05) is 6.92 Å².